The average Bonchev–Trinajstić information content (AvgIpc) is 3.02. The quantitative estimate of drug-likeness (QED) is 0.254. The zero-order valence-corrected chi connectivity index (χ0v) is 27.2. The van der Waals surface area contributed by atoms with Crippen LogP contribution in [0.1, 0.15) is 90.5 Å². The maximum Gasteiger partial charge on any atom is 0.407 e. The highest BCUT2D eigenvalue weighted by Crippen LogP contribution is 2.35. The summed E-state index contributed by atoms with van der Waals surface area (Å²) in [6.07, 6.45) is 15.4. The number of piperidine rings is 1. The fourth-order valence-corrected chi connectivity index (χ4v) is 6.74. The summed E-state index contributed by atoms with van der Waals surface area (Å²) in [4.78, 5) is 43.7. The van der Waals surface area contributed by atoms with Gasteiger partial charge in [-0.2, -0.15) is 0 Å². The van der Waals surface area contributed by atoms with Gasteiger partial charge < -0.3 is 25.2 Å². The number of carbonyl (C=O) groups is 3. The Morgan fingerprint density at radius 1 is 1.16 bits per heavy atom. The van der Waals surface area contributed by atoms with Crippen molar-refractivity contribution in [3.05, 3.63) is 59.7 Å². The summed E-state index contributed by atoms with van der Waals surface area (Å²) in [6.45, 7) is 10.6. The number of rotatable bonds is 14. The van der Waals surface area contributed by atoms with Gasteiger partial charge in [0.15, 0.2) is 0 Å². The number of unbranched alkanes of at least 4 members (excludes halogenated alkanes) is 1. The van der Waals surface area contributed by atoms with Gasteiger partial charge in [0.25, 0.3) is 0 Å². The number of benzene rings is 1. The van der Waals surface area contributed by atoms with Gasteiger partial charge in [0, 0.05) is 32.7 Å². The van der Waals surface area contributed by atoms with E-state index >= 15 is 0 Å². The molecule has 0 radical (unpaired) electrons. The monoisotopic (exact) mass is 606 g/mol. The Morgan fingerprint density at radius 3 is 2.61 bits per heavy atom. The van der Waals surface area contributed by atoms with Gasteiger partial charge in [0.2, 0.25) is 11.8 Å². The minimum atomic E-state index is -0.731. The van der Waals surface area contributed by atoms with Crippen molar-refractivity contribution in [3.8, 4) is 0 Å². The molecule has 4 rings (SSSR count). The summed E-state index contributed by atoms with van der Waals surface area (Å²) < 4.78 is 5.26. The van der Waals surface area contributed by atoms with Crippen molar-refractivity contribution in [1.29, 1.82) is 0 Å². The van der Waals surface area contributed by atoms with E-state index in [0.29, 0.717) is 50.6 Å². The molecule has 0 aromatic heterocycles. The molecule has 242 valence electrons. The number of nitrogens with zero attached hydrogens (tertiary/aromatic N) is 2. The topological polar surface area (TPSA) is 91.0 Å². The molecule has 2 N–H and O–H groups in total. The molecule has 2 saturated heterocycles. The lowest BCUT2D eigenvalue weighted by atomic mass is 9.80. The Balaban J connectivity index is 1.19. The van der Waals surface area contributed by atoms with E-state index in [1.807, 2.05) is 35.2 Å². The van der Waals surface area contributed by atoms with Crippen LogP contribution in [0.3, 0.4) is 0 Å². The van der Waals surface area contributed by atoms with Crippen molar-refractivity contribution in [2.24, 2.45) is 11.8 Å². The number of hydrogen-bond acceptors (Lipinski definition) is 5. The normalized spacial score (nSPS) is 22.4. The molecular weight excluding hydrogens is 552 g/mol. The molecule has 2 atom stereocenters. The highest BCUT2D eigenvalue weighted by molar-refractivity contribution is 6.00. The van der Waals surface area contributed by atoms with E-state index in [-0.39, 0.29) is 18.4 Å². The highest BCUT2D eigenvalue weighted by atomic mass is 16.5. The molecule has 2 fully saturated rings. The van der Waals surface area contributed by atoms with Gasteiger partial charge in [-0.25, -0.2) is 4.79 Å². The second-order valence-electron chi connectivity index (χ2n) is 13.3. The van der Waals surface area contributed by atoms with E-state index in [1.165, 1.54) is 12.0 Å². The molecule has 8 nitrogen and oxygen atoms in total. The summed E-state index contributed by atoms with van der Waals surface area (Å²) >= 11 is 0. The van der Waals surface area contributed by atoms with Crippen molar-refractivity contribution in [3.63, 3.8) is 0 Å². The molecule has 3 aliphatic rings. The maximum absolute atomic E-state index is 13.7. The number of amides is 3. The van der Waals surface area contributed by atoms with Crippen molar-refractivity contribution < 1.29 is 19.1 Å². The van der Waals surface area contributed by atoms with E-state index in [2.05, 4.69) is 54.5 Å². The molecule has 1 aromatic rings. The second-order valence-corrected chi connectivity index (χ2v) is 13.3. The standard InChI is InChI=1S/C36H54N4O4/c1-4-23-40-33(41)32(15-8-9-22-37-35(43)44-27-31-12-6-5-7-13-31)38-34(42)36(40)20-24-39(25-21-36)26-30-18-16-29(17-19-30)14-10-11-28(2)3/h5-7,10,12-14,16,28,30,32H,4,8-9,11,15,17-27H2,1-3H3,(H,37,43)(H,38,42)/b14-10+/t30?,32-/m0/s1. The predicted octanol–water partition coefficient (Wildman–Crippen LogP) is 5.98. The molecule has 1 spiro atoms. The lowest BCUT2D eigenvalue weighted by molar-refractivity contribution is -0.161. The number of alkyl carbamates (subject to hydrolysis) is 1. The summed E-state index contributed by atoms with van der Waals surface area (Å²) in [7, 11) is 0. The Bertz CT molecular complexity index is 1140. The molecule has 2 heterocycles. The van der Waals surface area contributed by atoms with E-state index < -0.39 is 17.7 Å². The van der Waals surface area contributed by atoms with Gasteiger partial charge >= 0.3 is 6.09 Å². The third-order valence-corrected chi connectivity index (χ3v) is 9.35. The van der Waals surface area contributed by atoms with Gasteiger partial charge in [-0.15, -0.1) is 0 Å². The fourth-order valence-electron chi connectivity index (χ4n) is 6.74. The van der Waals surface area contributed by atoms with Gasteiger partial charge in [-0.05, 0) is 81.6 Å². The lowest BCUT2D eigenvalue weighted by Crippen LogP contribution is -2.72. The van der Waals surface area contributed by atoms with Crippen LogP contribution in [-0.2, 0) is 20.9 Å². The Morgan fingerprint density at radius 2 is 1.93 bits per heavy atom. The summed E-state index contributed by atoms with van der Waals surface area (Å²) in [5, 5.41) is 5.88. The van der Waals surface area contributed by atoms with E-state index in [0.717, 1.165) is 57.3 Å². The van der Waals surface area contributed by atoms with Gasteiger partial charge in [-0.3, -0.25) is 9.59 Å². The molecule has 2 aliphatic heterocycles. The van der Waals surface area contributed by atoms with E-state index in [1.54, 1.807) is 0 Å². The van der Waals surface area contributed by atoms with Crippen LogP contribution in [0, 0.1) is 11.8 Å². The van der Waals surface area contributed by atoms with Crippen molar-refractivity contribution in [1.82, 2.24) is 20.4 Å². The van der Waals surface area contributed by atoms with Crippen molar-refractivity contribution >= 4 is 17.9 Å². The number of allylic oxidation sites excluding steroid dienone is 4. The first kappa shape index (κ1) is 33.8. The molecule has 1 aliphatic carbocycles. The maximum atomic E-state index is 13.7. The number of carbonyl (C=O) groups excluding carboxylic acids is 3. The average molecular weight is 607 g/mol. The van der Waals surface area contributed by atoms with Gasteiger partial charge in [0.1, 0.15) is 18.2 Å². The van der Waals surface area contributed by atoms with Gasteiger partial charge in [0.05, 0.1) is 0 Å². The zero-order chi connectivity index (χ0) is 31.4. The molecule has 8 heteroatoms. The molecule has 3 amide bonds. The number of nitrogens with one attached hydrogen (secondary N) is 2. The van der Waals surface area contributed by atoms with Gasteiger partial charge in [-0.1, -0.05) is 74.9 Å². The number of ether oxygens (including phenoxy) is 1. The summed E-state index contributed by atoms with van der Waals surface area (Å²) in [6, 6.07) is 9.07. The minimum absolute atomic E-state index is 0.0104. The first-order chi connectivity index (χ1) is 21.3. The molecule has 44 heavy (non-hydrogen) atoms. The van der Waals surface area contributed by atoms with E-state index in [4.69, 9.17) is 4.74 Å². The lowest BCUT2D eigenvalue weighted by Gasteiger charge is -2.52. The third kappa shape index (κ3) is 9.43. The van der Waals surface area contributed by atoms with Crippen LogP contribution in [0.2, 0.25) is 0 Å². The van der Waals surface area contributed by atoms with Crippen LogP contribution in [0.5, 0.6) is 0 Å². The van der Waals surface area contributed by atoms with E-state index in [9.17, 15) is 14.4 Å². The fraction of sp³-hybridized carbons (Fsp3) is 0.639. The van der Waals surface area contributed by atoms with Crippen LogP contribution < -0.4 is 10.6 Å². The number of hydrogen-bond donors (Lipinski definition) is 2. The predicted molar refractivity (Wildman–Crippen MR) is 175 cm³/mol. The number of piperazine rings is 1. The van der Waals surface area contributed by atoms with Crippen LogP contribution >= 0.6 is 0 Å². The summed E-state index contributed by atoms with van der Waals surface area (Å²) in [5.41, 5.74) is 1.68. The van der Waals surface area contributed by atoms with Crippen molar-refractivity contribution in [2.75, 3.05) is 32.7 Å². The molecule has 1 unspecified atom stereocenters. The molecular formula is C36H54N4O4. The Labute approximate surface area is 264 Å². The molecule has 0 saturated carbocycles. The Hall–Kier alpha value is -3.13. The first-order valence-electron chi connectivity index (χ1n) is 17.0. The molecule has 0 bridgehead atoms. The SMILES string of the molecule is CCCN1C(=O)[C@H](CCCCNC(=O)OCc2ccccc2)NC(=O)C12CCN(CC1CC=C(/C=C/CC(C)C)CC1)CC2. The highest BCUT2D eigenvalue weighted by Gasteiger charge is 2.53. The number of likely N-dealkylation sites (tertiary alicyclic amines) is 1. The largest absolute Gasteiger partial charge is 0.445 e. The summed E-state index contributed by atoms with van der Waals surface area (Å²) in [5.74, 6) is 1.41. The van der Waals surface area contributed by atoms with Crippen LogP contribution in [0.25, 0.3) is 0 Å². The minimum Gasteiger partial charge on any atom is -0.445 e. The Kier molecular flexibility index (Phi) is 12.9. The van der Waals surface area contributed by atoms with Crippen LogP contribution in [-0.4, -0.2) is 72.0 Å². The van der Waals surface area contributed by atoms with Crippen LogP contribution in [0.4, 0.5) is 4.79 Å². The second kappa shape index (κ2) is 16.8. The molecule has 1 aromatic carbocycles. The first-order valence-corrected chi connectivity index (χ1v) is 17.0. The zero-order valence-electron chi connectivity index (χ0n) is 27.2. The van der Waals surface area contributed by atoms with Crippen molar-refractivity contribution in [2.45, 2.75) is 103 Å². The smallest absolute Gasteiger partial charge is 0.407 e. The third-order valence-electron chi connectivity index (χ3n) is 9.35. The van der Waals surface area contributed by atoms with Crippen LogP contribution in [0.15, 0.2) is 54.1 Å².